The summed E-state index contributed by atoms with van der Waals surface area (Å²) in [7, 11) is 1.63. The molecule has 104 valence electrons. The molecule has 3 nitrogen and oxygen atoms in total. The first-order valence-corrected chi connectivity index (χ1v) is 7.96. The molecule has 3 rings (SSSR count). The highest BCUT2D eigenvalue weighted by atomic mass is 32.1. The SMILES string of the molecule is COc1cc(C)sc1C(=O)N[C@@H]1CC[C@H]2CCC[C@H]21. The van der Waals surface area contributed by atoms with Gasteiger partial charge in [0.15, 0.2) is 0 Å². The molecule has 2 saturated carbocycles. The molecule has 0 bridgehead atoms. The van der Waals surface area contributed by atoms with Crippen molar-refractivity contribution in [3.8, 4) is 5.75 Å². The van der Waals surface area contributed by atoms with E-state index in [2.05, 4.69) is 5.32 Å². The Hall–Kier alpha value is -1.03. The van der Waals surface area contributed by atoms with E-state index in [4.69, 9.17) is 4.74 Å². The van der Waals surface area contributed by atoms with Crippen molar-refractivity contribution in [2.24, 2.45) is 11.8 Å². The van der Waals surface area contributed by atoms with Crippen molar-refractivity contribution in [3.05, 3.63) is 15.8 Å². The van der Waals surface area contributed by atoms with Crippen molar-refractivity contribution in [1.29, 1.82) is 0 Å². The second kappa shape index (κ2) is 5.16. The molecule has 1 aromatic heterocycles. The van der Waals surface area contributed by atoms with Gasteiger partial charge in [-0.15, -0.1) is 11.3 Å². The van der Waals surface area contributed by atoms with E-state index in [0.29, 0.717) is 11.8 Å². The molecule has 1 heterocycles. The van der Waals surface area contributed by atoms with Gasteiger partial charge in [0.25, 0.3) is 5.91 Å². The number of ether oxygens (including phenoxy) is 1. The Morgan fingerprint density at radius 2 is 2.21 bits per heavy atom. The number of amides is 1. The second-order valence-corrected chi connectivity index (χ2v) is 7.02. The van der Waals surface area contributed by atoms with Gasteiger partial charge in [-0.25, -0.2) is 0 Å². The van der Waals surface area contributed by atoms with Crippen LogP contribution in [0.3, 0.4) is 0 Å². The van der Waals surface area contributed by atoms with Crippen LogP contribution in [0.5, 0.6) is 5.75 Å². The fourth-order valence-electron chi connectivity index (χ4n) is 3.78. The molecule has 1 N–H and O–H groups in total. The standard InChI is InChI=1S/C15H21NO2S/c1-9-8-13(18-2)14(19-9)15(17)16-12-7-6-10-4-3-5-11(10)12/h8,10-12H,3-7H2,1-2H3,(H,16,17)/t10-,11-,12-/m1/s1. The van der Waals surface area contributed by atoms with Crippen molar-refractivity contribution < 1.29 is 9.53 Å². The lowest BCUT2D eigenvalue weighted by molar-refractivity contribution is 0.0928. The number of carbonyl (C=O) groups is 1. The minimum atomic E-state index is 0.0486. The number of hydrogen-bond donors (Lipinski definition) is 1. The summed E-state index contributed by atoms with van der Waals surface area (Å²) in [5.41, 5.74) is 0. The van der Waals surface area contributed by atoms with Gasteiger partial charge >= 0.3 is 0 Å². The number of thiophene rings is 1. The van der Waals surface area contributed by atoms with Crippen molar-refractivity contribution in [2.45, 2.75) is 45.1 Å². The highest BCUT2D eigenvalue weighted by molar-refractivity contribution is 7.14. The van der Waals surface area contributed by atoms with Crippen LogP contribution < -0.4 is 10.1 Å². The molecule has 0 spiro atoms. The molecule has 3 atom stereocenters. The summed E-state index contributed by atoms with van der Waals surface area (Å²) in [6.45, 7) is 2.01. The van der Waals surface area contributed by atoms with E-state index in [1.54, 1.807) is 7.11 Å². The molecular weight excluding hydrogens is 258 g/mol. The van der Waals surface area contributed by atoms with Gasteiger partial charge in [-0.05, 0) is 44.1 Å². The number of methoxy groups -OCH3 is 1. The van der Waals surface area contributed by atoms with E-state index >= 15 is 0 Å². The summed E-state index contributed by atoms with van der Waals surface area (Å²) in [6.07, 6.45) is 6.42. The maximum atomic E-state index is 12.4. The van der Waals surface area contributed by atoms with Gasteiger partial charge in [0.1, 0.15) is 10.6 Å². The highest BCUT2D eigenvalue weighted by Crippen LogP contribution is 2.44. The lowest BCUT2D eigenvalue weighted by atomic mass is 9.97. The van der Waals surface area contributed by atoms with E-state index in [-0.39, 0.29) is 5.91 Å². The molecule has 0 saturated heterocycles. The fourth-order valence-corrected chi connectivity index (χ4v) is 4.66. The molecule has 19 heavy (non-hydrogen) atoms. The van der Waals surface area contributed by atoms with Gasteiger partial charge in [-0.2, -0.15) is 0 Å². The van der Waals surface area contributed by atoms with Crippen LogP contribution in [0.15, 0.2) is 6.07 Å². The van der Waals surface area contributed by atoms with Crippen LogP contribution in [-0.4, -0.2) is 19.1 Å². The first kappa shape index (κ1) is 13.0. The largest absolute Gasteiger partial charge is 0.495 e. The third kappa shape index (κ3) is 2.38. The van der Waals surface area contributed by atoms with Crippen LogP contribution in [0.4, 0.5) is 0 Å². The number of hydrogen-bond acceptors (Lipinski definition) is 3. The Morgan fingerprint density at radius 3 is 3.00 bits per heavy atom. The summed E-state index contributed by atoms with van der Waals surface area (Å²) in [5, 5.41) is 3.25. The first-order valence-electron chi connectivity index (χ1n) is 7.14. The van der Waals surface area contributed by atoms with Gasteiger partial charge in [-0.3, -0.25) is 4.79 Å². The second-order valence-electron chi connectivity index (χ2n) is 5.77. The van der Waals surface area contributed by atoms with Gasteiger partial charge in [-0.1, -0.05) is 12.8 Å². The Labute approximate surface area is 118 Å². The lowest BCUT2D eigenvalue weighted by Crippen LogP contribution is -2.37. The van der Waals surface area contributed by atoms with E-state index in [1.165, 1.54) is 37.0 Å². The molecule has 1 amide bonds. The van der Waals surface area contributed by atoms with Gasteiger partial charge in [0.05, 0.1) is 7.11 Å². The predicted octanol–water partition coefficient (Wildman–Crippen LogP) is 3.37. The molecule has 0 unspecified atom stereocenters. The van der Waals surface area contributed by atoms with Gasteiger partial charge in [0, 0.05) is 10.9 Å². The van der Waals surface area contributed by atoms with Crippen LogP contribution in [-0.2, 0) is 0 Å². The molecule has 2 fully saturated rings. The average Bonchev–Trinajstić information content (AvgIpc) is 3.05. The number of aryl methyl sites for hydroxylation is 1. The number of carbonyl (C=O) groups excluding carboxylic acids is 1. The van der Waals surface area contributed by atoms with Crippen molar-refractivity contribution in [1.82, 2.24) is 5.32 Å². The average molecular weight is 279 g/mol. The van der Waals surface area contributed by atoms with Crippen LogP contribution in [0.2, 0.25) is 0 Å². The summed E-state index contributed by atoms with van der Waals surface area (Å²) >= 11 is 1.52. The summed E-state index contributed by atoms with van der Waals surface area (Å²) in [6, 6.07) is 2.32. The predicted molar refractivity (Wildman–Crippen MR) is 76.9 cm³/mol. The first-order chi connectivity index (χ1) is 9.19. The van der Waals surface area contributed by atoms with Crippen LogP contribution in [0.1, 0.15) is 46.7 Å². The lowest BCUT2D eigenvalue weighted by Gasteiger charge is -2.19. The maximum absolute atomic E-state index is 12.4. The minimum absolute atomic E-state index is 0.0486. The topological polar surface area (TPSA) is 38.3 Å². The number of rotatable bonds is 3. The van der Waals surface area contributed by atoms with E-state index in [9.17, 15) is 4.79 Å². The zero-order chi connectivity index (χ0) is 13.4. The molecule has 2 aliphatic rings. The third-order valence-electron chi connectivity index (χ3n) is 4.65. The third-order valence-corrected chi connectivity index (χ3v) is 5.68. The van der Waals surface area contributed by atoms with Crippen LogP contribution in [0.25, 0.3) is 0 Å². The molecule has 0 aromatic carbocycles. The Balaban J connectivity index is 1.71. The fraction of sp³-hybridized carbons (Fsp3) is 0.667. The van der Waals surface area contributed by atoms with Crippen molar-refractivity contribution in [2.75, 3.05) is 7.11 Å². The number of fused-ring (bicyclic) bond motifs is 1. The molecule has 1 aromatic rings. The van der Waals surface area contributed by atoms with Gasteiger partial charge in [0.2, 0.25) is 0 Å². The Morgan fingerprint density at radius 1 is 1.37 bits per heavy atom. The van der Waals surface area contributed by atoms with E-state index < -0.39 is 0 Å². The summed E-state index contributed by atoms with van der Waals surface area (Å²) < 4.78 is 5.29. The zero-order valence-electron chi connectivity index (χ0n) is 11.6. The molecule has 0 aliphatic heterocycles. The van der Waals surface area contributed by atoms with Crippen molar-refractivity contribution >= 4 is 17.2 Å². The van der Waals surface area contributed by atoms with E-state index in [1.807, 2.05) is 13.0 Å². The van der Waals surface area contributed by atoms with Gasteiger partial charge < -0.3 is 10.1 Å². The zero-order valence-corrected chi connectivity index (χ0v) is 12.4. The number of nitrogens with one attached hydrogen (secondary N) is 1. The molecule has 0 radical (unpaired) electrons. The normalized spacial score (nSPS) is 29.3. The molecule has 4 heteroatoms. The Bertz CT molecular complexity index is 482. The monoisotopic (exact) mass is 279 g/mol. The van der Waals surface area contributed by atoms with Crippen LogP contribution >= 0.6 is 11.3 Å². The Kier molecular flexibility index (Phi) is 3.52. The van der Waals surface area contributed by atoms with Crippen molar-refractivity contribution in [3.63, 3.8) is 0 Å². The highest BCUT2D eigenvalue weighted by Gasteiger charge is 2.40. The van der Waals surface area contributed by atoms with Crippen LogP contribution in [0, 0.1) is 18.8 Å². The minimum Gasteiger partial charge on any atom is -0.495 e. The maximum Gasteiger partial charge on any atom is 0.265 e. The summed E-state index contributed by atoms with van der Waals surface area (Å²) in [5.74, 6) is 2.33. The molecular formula is C15H21NO2S. The molecule has 2 aliphatic carbocycles. The quantitative estimate of drug-likeness (QED) is 0.921. The van der Waals surface area contributed by atoms with E-state index in [0.717, 1.165) is 28.0 Å². The summed E-state index contributed by atoms with van der Waals surface area (Å²) in [4.78, 5) is 14.2. The smallest absolute Gasteiger partial charge is 0.265 e.